The number of benzene rings is 1. The van der Waals surface area contributed by atoms with Crippen LogP contribution >= 0.6 is 23.2 Å². The van der Waals surface area contributed by atoms with Gasteiger partial charge in [-0.05, 0) is 43.7 Å². The van der Waals surface area contributed by atoms with Crippen LogP contribution in [0.4, 0.5) is 5.69 Å². The number of nitrogens with two attached hydrogens (primary N) is 1. The van der Waals surface area contributed by atoms with Crippen molar-refractivity contribution >= 4 is 38.9 Å². The van der Waals surface area contributed by atoms with Crippen LogP contribution in [-0.4, -0.2) is 25.3 Å². The number of rotatable bonds is 5. The van der Waals surface area contributed by atoms with E-state index in [1.54, 1.807) is 4.31 Å². The van der Waals surface area contributed by atoms with Crippen LogP contribution in [0.3, 0.4) is 0 Å². The van der Waals surface area contributed by atoms with Gasteiger partial charge in [-0.1, -0.05) is 23.2 Å². The van der Waals surface area contributed by atoms with Crippen molar-refractivity contribution in [3.8, 4) is 0 Å². The second kappa shape index (κ2) is 5.05. The Labute approximate surface area is 128 Å². The minimum absolute atomic E-state index is 0.0115. The van der Waals surface area contributed by atoms with Gasteiger partial charge in [0.05, 0.1) is 10.0 Å². The largest absolute Gasteiger partial charge is 0.399 e. The molecule has 2 fully saturated rings. The van der Waals surface area contributed by atoms with Crippen LogP contribution in [-0.2, 0) is 10.0 Å². The van der Waals surface area contributed by atoms with Crippen LogP contribution in [0.15, 0.2) is 17.0 Å². The zero-order valence-corrected chi connectivity index (χ0v) is 13.2. The van der Waals surface area contributed by atoms with Crippen LogP contribution in [0, 0.1) is 5.92 Å². The summed E-state index contributed by atoms with van der Waals surface area (Å²) in [6.45, 7) is 0.573. The molecule has 0 radical (unpaired) electrons. The van der Waals surface area contributed by atoms with Gasteiger partial charge in [-0.25, -0.2) is 8.42 Å². The molecule has 1 aromatic carbocycles. The lowest BCUT2D eigenvalue weighted by atomic mass is 10.3. The predicted octanol–water partition coefficient (Wildman–Crippen LogP) is 3.14. The SMILES string of the molecule is Nc1cc(Cl)c(S(=O)(=O)N(CC2CC2)C2CC2)c(Cl)c1. The van der Waals surface area contributed by atoms with Crippen LogP contribution in [0.25, 0.3) is 0 Å². The minimum atomic E-state index is -3.66. The van der Waals surface area contributed by atoms with E-state index in [4.69, 9.17) is 28.9 Å². The molecule has 0 bridgehead atoms. The molecule has 0 atom stereocenters. The van der Waals surface area contributed by atoms with E-state index in [9.17, 15) is 8.42 Å². The lowest BCUT2D eigenvalue weighted by Crippen LogP contribution is -2.35. The van der Waals surface area contributed by atoms with Gasteiger partial charge in [-0.3, -0.25) is 0 Å². The Kier molecular flexibility index (Phi) is 3.65. The first-order valence-corrected chi connectivity index (χ1v) is 8.85. The van der Waals surface area contributed by atoms with Crippen LogP contribution in [0.2, 0.25) is 10.0 Å². The first-order chi connectivity index (χ1) is 9.39. The fourth-order valence-corrected chi connectivity index (χ4v) is 5.25. The van der Waals surface area contributed by atoms with Crippen molar-refractivity contribution < 1.29 is 8.42 Å². The Bertz CT molecular complexity index is 617. The molecule has 7 heteroatoms. The summed E-state index contributed by atoms with van der Waals surface area (Å²) in [6, 6.07) is 2.97. The third kappa shape index (κ3) is 2.77. The lowest BCUT2D eigenvalue weighted by Gasteiger charge is -2.23. The quantitative estimate of drug-likeness (QED) is 0.841. The Balaban J connectivity index is 2.01. The monoisotopic (exact) mass is 334 g/mol. The van der Waals surface area contributed by atoms with E-state index < -0.39 is 10.0 Å². The van der Waals surface area contributed by atoms with E-state index in [-0.39, 0.29) is 21.0 Å². The van der Waals surface area contributed by atoms with Gasteiger partial charge in [0.2, 0.25) is 10.0 Å². The molecule has 3 rings (SSSR count). The summed E-state index contributed by atoms with van der Waals surface area (Å²) in [6.07, 6.45) is 4.02. The summed E-state index contributed by atoms with van der Waals surface area (Å²) < 4.78 is 27.3. The van der Waals surface area contributed by atoms with Crippen molar-refractivity contribution in [2.75, 3.05) is 12.3 Å². The van der Waals surface area contributed by atoms with Gasteiger partial charge in [-0.15, -0.1) is 0 Å². The maximum atomic E-state index is 12.8. The Morgan fingerprint density at radius 3 is 2.15 bits per heavy atom. The highest BCUT2D eigenvalue weighted by Crippen LogP contribution is 2.41. The molecule has 0 spiro atoms. The van der Waals surface area contributed by atoms with Crippen LogP contribution in [0.1, 0.15) is 25.7 Å². The van der Waals surface area contributed by atoms with Gasteiger partial charge >= 0.3 is 0 Å². The van der Waals surface area contributed by atoms with Crippen molar-refractivity contribution in [3.63, 3.8) is 0 Å². The highest BCUT2D eigenvalue weighted by atomic mass is 35.5. The maximum Gasteiger partial charge on any atom is 0.246 e. The number of halogens is 2. The molecule has 0 amide bonds. The smallest absolute Gasteiger partial charge is 0.246 e. The molecule has 1 aromatic rings. The normalized spacial score (nSPS) is 19.6. The van der Waals surface area contributed by atoms with Gasteiger partial charge in [0, 0.05) is 18.3 Å². The molecule has 2 N–H and O–H groups in total. The van der Waals surface area contributed by atoms with Crippen molar-refractivity contribution in [2.24, 2.45) is 5.92 Å². The molecule has 0 unspecified atom stereocenters. The van der Waals surface area contributed by atoms with E-state index in [1.165, 1.54) is 12.1 Å². The highest BCUT2D eigenvalue weighted by molar-refractivity contribution is 7.89. The summed E-state index contributed by atoms with van der Waals surface area (Å²) in [5.41, 5.74) is 5.99. The lowest BCUT2D eigenvalue weighted by molar-refractivity contribution is 0.389. The molecule has 20 heavy (non-hydrogen) atoms. The number of nitrogen functional groups attached to an aromatic ring is 1. The van der Waals surface area contributed by atoms with E-state index in [0.29, 0.717) is 18.2 Å². The van der Waals surface area contributed by atoms with Crippen molar-refractivity contribution in [1.29, 1.82) is 0 Å². The van der Waals surface area contributed by atoms with E-state index in [1.807, 2.05) is 0 Å². The van der Waals surface area contributed by atoms with Gasteiger partial charge in [-0.2, -0.15) is 4.31 Å². The molecular formula is C13H16Cl2N2O2S. The third-order valence-electron chi connectivity index (χ3n) is 3.68. The molecule has 2 saturated carbocycles. The van der Waals surface area contributed by atoms with Gasteiger partial charge in [0.15, 0.2) is 0 Å². The first kappa shape index (κ1) is 14.4. The minimum Gasteiger partial charge on any atom is -0.399 e. The number of sulfonamides is 1. The van der Waals surface area contributed by atoms with E-state index in [0.717, 1.165) is 25.7 Å². The van der Waals surface area contributed by atoms with Gasteiger partial charge in [0.1, 0.15) is 4.90 Å². The van der Waals surface area contributed by atoms with Crippen molar-refractivity contribution in [3.05, 3.63) is 22.2 Å². The van der Waals surface area contributed by atoms with Crippen molar-refractivity contribution in [2.45, 2.75) is 36.6 Å². The third-order valence-corrected chi connectivity index (χ3v) is 6.52. The molecule has 0 saturated heterocycles. The van der Waals surface area contributed by atoms with E-state index >= 15 is 0 Å². The summed E-state index contributed by atoms with van der Waals surface area (Å²) >= 11 is 12.1. The van der Waals surface area contributed by atoms with Gasteiger partial charge < -0.3 is 5.73 Å². The zero-order valence-electron chi connectivity index (χ0n) is 10.9. The molecule has 0 heterocycles. The van der Waals surface area contributed by atoms with Crippen LogP contribution in [0.5, 0.6) is 0 Å². The number of nitrogens with zero attached hydrogens (tertiary/aromatic N) is 1. The Morgan fingerprint density at radius 2 is 1.70 bits per heavy atom. The molecule has 4 nitrogen and oxygen atoms in total. The second-order valence-corrected chi connectivity index (χ2v) is 8.20. The summed E-state index contributed by atoms with van der Waals surface area (Å²) in [5, 5.41) is 0.188. The van der Waals surface area contributed by atoms with Gasteiger partial charge in [0.25, 0.3) is 0 Å². The standard InChI is InChI=1S/C13H16Cl2N2O2S/c14-11-5-9(16)6-12(15)13(11)20(18,19)17(10-3-4-10)7-8-1-2-8/h5-6,8,10H,1-4,7,16H2. The molecule has 0 aromatic heterocycles. The van der Waals surface area contributed by atoms with Crippen LogP contribution < -0.4 is 5.73 Å². The summed E-state index contributed by atoms with van der Waals surface area (Å²) in [7, 11) is -3.66. The zero-order chi connectivity index (χ0) is 14.5. The average molecular weight is 335 g/mol. The van der Waals surface area contributed by atoms with E-state index in [2.05, 4.69) is 0 Å². The fraction of sp³-hybridized carbons (Fsp3) is 0.538. The predicted molar refractivity (Wildman–Crippen MR) is 80.5 cm³/mol. The Hall–Kier alpha value is -0.490. The molecule has 0 aliphatic heterocycles. The number of hydrogen-bond acceptors (Lipinski definition) is 3. The topological polar surface area (TPSA) is 63.4 Å². The number of hydrogen-bond donors (Lipinski definition) is 1. The molecule has 2 aliphatic carbocycles. The molecule has 110 valence electrons. The first-order valence-electron chi connectivity index (χ1n) is 6.66. The molecular weight excluding hydrogens is 319 g/mol. The summed E-state index contributed by atoms with van der Waals surface area (Å²) in [4.78, 5) is -0.0115. The fourth-order valence-electron chi connectivity index (χ4n) is 2.30. The maximum absolute atomic E-state index is 12.8. The summed E-state index contributed by atoms with van der Waals surface area (Å²) in [5.74, 6) is 0.483. The number of anilines is 1. The average Bonchev–Trinajstić information content (AvgIpc) is 3.18. The Morgan fingerprint density at radius 1 is 1.15 bits per heavy atom. The van der Waals surface area contributed by atoms with Crippen molar-refractivity contribution in [1.82, 2.24) is 4.31 Å². The second-order valence-electron chi connectivity index (χ2n) is 5.56. The molecule has 2 aliphatic rings. The highest BCUT2D eigenvalue weighted by Gasteiger charge is 2.42.